The summed E-state index contributed by atoms with van der Waals surface area (Å²) < 4.78 is 5.27. The average Bonchev–Trinajstić information content (AvgIpc) is 3.00. The normalized spacial score (nSPS) is 26.7. The van der Waals surface area contributed by atoms with Crippen LogP contribution in [-0.4, -0.2) is 30.0 Å². The van der Waals surface area contributed by atoms with Crippen molar-refractivity contribution in [1.29, 1.82) is 0 Å². The van der Waals surface area contributed by atoms with E-state index in [1.165, 1.54) is 0 Å². The molecular weight excluding hydrogens is 166 g/mol. The molecular formula is C10H15NO2. The highest BCUT2D eigenvalue weighted by molar-refractivity contribution is 5.81. The van der Waals surface area contributed by atoms with Gasteiger partial charge in [0.2, 0.25) is 0 Å². The minimum absolute atomic E-state index is 0.145. The summed E-state index contributed by atoms with van der Waals surface area (Å²) in [6.45, 7) is 0. The van der Waals surface area contributed by atoms with Crippen LogP contribution < -0.4 is 0 Å². The third-order valence-electron chi connectivity index (χ3n) is 2.65. The van der Waals surface area contributed by atoms with Crippen LogP contribution in [0.3, 0.4) is 0 Å². The highest BCUT2D eigenvalue weighted by Gasteiger charge is 2.33. The van der Waals surface area contributed by atoms with E-state index >= 15 is 0 Å². The Labute approximate surface area is 78.4 Å². The fourth-order valence-electron chi connectivity index (χ4n) is 1.58. The quantitative estimate of drug-likeness (QED) is 0.642. The van der Waals surface area contributed by atoms with Crippen molar-refractivity contribution in [3.05, 3.63) is 12.3 Å². The Kier molecular flexibility index (Phi) is 2.25. The number of nitrogens with zero attached hydrogens (tertiary/aromatic N) is 1. The van der Waals surface area contributed by atoms with E-state index in [4.69, 9.17) is 4.74 Å². The van der Waals surface area contributed by atoms with Crippen LogP contribution in [0.5, 0.6) is 0 Å². The summed E-state index contributed by atoms with van der Waals surface area (Å²) in [6.07, 6.45) is 7.47. The fraction of sp³-hybridized carbons (Fsp3) is 0.700. The summed E-state index contributed by atoms with van der Waals surface area (Å²) in [7, 11) is 1.88. The van der Waals surface area contributed by atoms with Gasteiger partial charge in [-0.1, -0.05) is 0 Å². The Morgan fingerprint density at radius 2 is 2.23 bits per heavy atom. The molecule has 0 aromatic heterocycles. The number of carbonyl (C=O) groups excluding carboxylic acids is 1. The van der Waals surface area contributed by atoms with Crippen LogP contribution in [0.15, 0.2) is 12.3 Å². The predicted octanol–water partition coefficient (Wildman–Crippen LogP) is 1.30. The molecule has 0 bridgehead atoms. The lowest BCUT2D eigenvalue weighted by molar-refractivity contribution is -0.140. The first-order valence-corrected chi connectivity index (χ1v) is 4.86. The minimum Gasteiger partial charge on any atom is -0.489 e. The Hall–Kier alpha value is -0.990. The lowest BCUT2D eigenvalue weighted by Crippen LogP contribution is -2.39. The van der Waals surface area contributed by atoms with E-state index in [1.54, 1.807) is 6.26 Å². The van der Waals surface area contributed by atoms with Crippen molar-refractivity contribution < 1.29 is 9.53 Å². The van der Waals surface area contributed by atoms with Crippen LogP contribution in [0.1, 0.15) is 25.7 Å². The van der Waals surface area contributed by atoms with Crippen molar-refractivity contribution in [2.45, 2.75) is 37.8 Å². The molecule has 72 valence electrons. The first kappa shape index (κ1) is 8.60. The van der Waals surface area contributed by atoms with Crippen LogP contribution in [0.4, 0.5) is 0 Å². The molecule has 1 heterocycles. The van der Waals surface area contributed by atoms with E-state index in [0.29, 0.717) is 6.04 Å². The second-order valence-corrected chi connectivity index (χ2v) is 3.75. The van der Waals surface area contributed by atoms with Crippen molar-refractivity contribution in [3.8, 4) is 0 Å². The summed E-state index contributed by atoms with van der Waals surface area (Å²) in [5.74, 6) is 0.145. The molecule has 1 aliphatic heterocycles. The zero-order valence-corrected chi connectivity index (χ0v) is 7.90. The first-order chi connectivity index (χ1) is 6.29. The molecule has 0 N–H and O–H groups in total. The maximum Gasteiger partial charge on any atom is 0.263 e. The standard InChI is InChI=1S/C10H15NO2/c1-11(8-5-6-8)10(12)9-4-2-3-7-13-9/h3,7-9H,2,4-6H2,1H3. The SMILES string of the molecule is CN(C(=O)C1CCC=CO1)C1CC1. The summed E-state index contributed by atoms with van der Waals surface area (Å²) in [4.78, 5) is 13.6. The molecule has 0 spiro atoms. The molecule has 1 fully saturated rings. The zero-order chi connectivity index (χ0) is 9.26. The van der Waals surface area contributed by atoms with Gasteiger partial charge in [0.05, 0.1) is 6.26 Å². The van der Waals surface area contributed by atoms with E-state index in [9.17, 15) is 4.79 Å². The summed E-state index contributed by atoms with van der Waals surface area (Å²) >= 11 is 0. The molecule has 0 aromatic rings. The lowest BCUT2D eigenvalue weighted by atomic mass is 10.1. The number of amides is 1. The van der Waals surface area contributed by atoms with Crippen LogP contribution in [0.25, 0.3) is 0 Å². The van der Waals surface area contributed by atoms with Crippen LogP contribution >= 0.6 is 0 Å². The van der Waals surface area contributed by atoms with Crippen molar-refractivity contribution in [2.24, 2.45) is 0 Å². The fourth-order valence-corrected chi connectivity index (χ4v) is 1.58. The summed E-state index contributed by atoms with van der Waals surface area (Å²) in [5, 5.41) is 0. The van der Waals surface area contributed by atoms with Gasteiger partial charge in [0.15, 0.2) is 6.10 Å². The maximum absolute atomic E-state index is 11.7. The highest BCUT2D eigenvalue weighted by atomic mass is 16.5. The third kappa shape index (κ3) is 1.85. The van der Waals surface area contributed by atoms with Crippen LogP contribution in [-0.2, 0) is 9.53 Å². The molecule has 0 radical (unpaired) electrons. The molecule has 1 saturated carbocycles. The van der Waals surface area contributed by atoms with Crippen molar-refractivity contribution in [3.63, 3.8) is 0 Å². The number of hydrogen-bond donors (Lipinski definition) is 0. The van der Waals surface area contributed by atoms with Gasteiger partial charge in [-0.15, -0.1) is 0 Å². The van der Waals surface area contributed by atoms with Gasteiger partial charge in [0.25, 0.3) is 5.91 Å². The molecule has 1 amide bonds. The second-order valence-electron chi connectivity index (χ2n) is 3.75. The number of hydrogen-bond acceptors (Lipinski definition) is 2. The van der Waals surface area contributed by atoms with E-state index in [-0.39, 0.29) is 12.0 Å². The average molecular weight is 181 g/mol. The maximum atomic E-state index is 11.7. The minimum atomic E-state index is -0.226. The Morgan fingerprint density at radius 1 is 1.46 bits per heavy atom. The smallest absolute Gasteiger partial charge is 0.263 e. The first-order valence-electron chi connectivity index (χ1n) is 4.86. The van der Waals surface area contributed by atoms with Gasteiger partial charge in [-0.2, -0.15) is 0 Å². The van der Waals surface area contributed by atoms with Crippen LogP contribution in [0.2, 0.25) is 0 Å². The molecule has 2 rings (SSSR count). The van der Waals surface area contributed by atoms with Crippen molar-refractivity contribution in [2.75, 3.05) is 7.05 Å². The van der Waals surface area contributed by atoms with E-state index in [1.807, 2.05) is 18.0 Å². The highest BCUT2D eigenvalue weighted by Crippen LogP contribution is 2.27. The van der Waals surface area contributed by atoms with E-state index < -0.39 is 0 Å². The number of likely N-dealkylation sites (N-methyl/N-ethyl adjacent to an activating group) is 1. The van der Waals surface area contributed by atoms with Gasteiger partial charge in [-0.3, -0.25) is 4.79 Å². The molecule has 0 saturated heterocycles. The zero-order valence-electron chi connectivity index (χ0n) is 7.90. The van der Waals surface area contributed by atoms with Gasteiger partial charge >= 0.3 is 0 Å². The molecule has 0 aromatic carbocycles. The molecule has 1 atom stereocenters. The number of ether oxygens (including phenoxy) is 1. The largest absolute Gasteiger partial charge is 0.489 e. The summed E-state index contributed by atoms with van der Waals surface area (Å²) in [5.41, 5.74) is 0. The summed E-state index contributed by atoms with van der Waals surface area (Å²) in [6, 6.07) is 0.488. The number of allylic oxidation sites excluding steroid dienone is 1. The molecule has 2 aliphatic rings. The van der Waals surface area contributed by atoms with Gasteiger partial charge < -0.3 is 9.64 Å². The monoisotopic (exact) mass is 181 g/mol. The third-order valence-corrected chi connectivity index (χ3v) is 2.65. The van der Waals surface area contributed by atoms with E-state index in [0.717, 1.165) is 25.7 Å². The Morgan fingerprint density at radius 3 is 2.77 bits per heavy atom. The predicted molar refractivity (Wildman–Crippen MR) is 49.0 cm³/mol. The van der Waals surface area contributed by atoms with E-state index in [2.05, 4.69) is 0 Å². The van der Waals surface area contributed by atoms with Crippen molar-refractivity contribution in [1.82, 2.24) is 4.90 Å². The molecule has 3 nitrogen and oxygen atoms in total. The molecule has 13 heavy (non-hydrogen) atoms. The van der Waals surface area contributed by atoms with Crippen LogP contribution in [0, 0.1) is 0 Å². The molecule has 3 heteroatoms. The molecule has 1 aliphatic carbocycles. The lowest BCUT2D eigenvalue weighted by Gasteiger charge is -2.24. The molecule has 1 unspecified atom stereocenters. The second kappa shape index (κ2) is 3.40. The number of carbonyl (C=O) groups is 1. The topological polar surface area (TPSA) is 29.5 Å². The number of rotatable bonds is 2. The van der Waals surface area contributed by atoms with Gasteiger partial charge in [0, 0.05) is 13.1 Å². The van der Waals surface area contributed by atoms with Crippen molar-refractivity contribution >= 4 is 5.91 Å². The Balaban J connectivity index is 1.91. The Bertz CT molecular complexity index is 233. The van der Waals surface area contributed by atoms with Gasteiger partial charge in [0.1, 0.15) is 0 Å². The van der Waals surface area contributed by atoms with Gasteiger partial charge in [-0.25, -0.2) is 0 Å². The van der Waals surface area contributed by atoms with Gasteiger partial charge in [-0.05, 0) is 31.8 Å².